The summed E-state index contributed by atoms with van der Waals surface area (Å²) in [7, 11) is 0. The maximum atomic E-state index is 5.57. The van der Waals surface area contributed by atoms with Gasteiger partial charge in [0.2, 0.25) is 4.77 Å². The van der Waals surface area contributed by atoms with E-state index in [2.05, 4.69) is 34.3 Å². The standard InChI is InChI=1S/C21H24N4OS/c1-2-26-18-12-10-16(11-13-18)19-9-6-14-24(19)15-25-21(27)22-20(23-25)17-7-4-3-5-8-17/h3-5,7-8,10-13,19H,2,6,9,14-15H2,1H3,(H,22,23,27)/p+1/t19-/m1/s1. The Morgan fingerprint density at radius 1 is 1.19 bits per heavy atom. The molecule has 1 fully saturated rings. The second-order valence-corrected chi connectivity index (χ2v) is 7.28. The summed E-state index contributed by atoms with van der Waals surface area (Å²) in [5.74, 6) is 1.76. The Kier molecular flexibility index (Phi) is 5.36. The maximum absolute atomic E-state index is 5.57. The predicted octanol–water partition coefficient (Wildman–Crippen LogP) is 3.38. The molecule has 5 nitrogen and oxygen atoms in total. The van der Waals surface area contributed by atoms with Gasteiger partial charge in [-0.15, -0.1) is 0 Å². The van der Waals surface area contributed by atoms with E-state index in [4.69, 9.17) is 17.0 Å². The van der Waals surface area contributed by atoms with Crippen LogP contribution in [-0.2, 0) is 6.67 Å². The van der Waals surface area contributed by atoms with Gasteiger partial charge in [0, 0.05) is 24.0 Å². The Labute approximate surface area is 164 Å². The molecule has 2 aromatic carbocycles. The number of rotatable bonds is 6. The molecule has 1 saturated heterocycles. The number of aromatic nitrogens is 3. The van der Waals surface area contributed by atoms with Crippen molar-refractivity contribution in [2.45, 2.75) is 32.5 Å². The molecular weight excluding hydrogens is 356 g/mol. The highest BCUT2D eigenvalue weighted by Crippen LogP contribution is 2.22. The number of hydrogen-bond donors (Lipinski definition) is 2. The van der Waals surface area contributed by atoms with Crippen LogP contribution in [0.4, 0.5) is 0 Å². The lowest BCUT2D eigenvalue weighted by atomic mass is 10.0. The molecule has 2 N–H and O–H groups in total. The highest BCUT2D eigenvalue weighted by atomic mass is 32.1. The molecule has 1 unspecified atom stereocenters. The Morgan fingerprint density at radius 3 is 2.70 bits per heavy atom. The van der Waals surface area contributed by atoms with Gasteiger partial charge in [0.25, 0.3) is 0 Å². The Balaban J connectivity index is 1.52. The van der Waals surface area contributed by atoms with Crippen LogP contribution < -0.4 is 9.64 Å². The van der Waals surface area contributed by atoms with Crippen LogP contribution in [0.25, 0.3) is 11.4 Å². The molecule has 27 heavy (non-hydrogen) atoms. The SMILES string of the molecule is CCOc1ccc([C@H]2CCC[NH+]2Cn2[nH]c(-c3ccccc3)nc2=S)cc1. The first-order valence-corrected chi connectivity index (χ1v) is 9.95. The molecule has 0 spiro atoms. The zero-order valence-electron chi connectivity index (χ0n) is 15.5. The van der Waals surface area contributed by atoms with Gasteiger partial charge in [0.15, 0.2) is 12.5 Å². The quantitative estimate of drug-likeness (QED) is 0.644. The van der Waals surface area contributed by atoms with Gasteiger partial charge in [0.1, 0.15) is 11.8 Å². The molecule has 0 saturated carbocycles. The number of nitrogens with zero attached hydrogens (tertiary/aromatic N) is 2. The first-order chi connectivity index (χ1) is 13.2. The molecule has 1 aliphatic heterocycles. The molecule has 2 heterocycles. The van der Waals surface area contributed by atoms with Crippen molar-refractivity contribution in [1.82, 2.24) is 14.8 Å². The lowest BCUT2D eigenvalue weighted by Gasteiger charge is -2.22. The summed E-state index contributed by atoms with van der Waals surface area (Å²) in [4.78, 5) is 6.06. The zero-order valence-corrected chi connectivity index (χ0v) is 16.3. The summed E-state index contributed by atoms with van der Waals surface area (Å²) in [6.07, 6.45) is 2.41. The van der Waals surface area contributed by atoms with E-state index in [9.17, 15) is 0 Å². The van der Waals surface area contributed by atoms with Crippen molar-refractivity contribution in [3.05, 3.63) is 64.9 Å². The number of ether oxygens (including phenoxy) is 1. The van der Waals surface area contributed by atoms with E-state index in [-0.39, 0.29) is 0 Å². The third kappa shape index (κ3) is 3.96. The summed E-state index contributed by atoms with van der Waals surface area (Å²) in [6.45, 7) is 4.65. The molecule has 1 aliphatic rings. The van der Waals surface area contributed by atoms with Crippen LogP contribution in [0.3, 0.4) is 0 Å². The predicted molar refractivity (Wildman–Crippen MR) is 108 cm³/mol. The van der Waals surface area contributed by atoms with Gasteiger partial charge >= 0.3 is 0 Å². The Bertz CT molecular complexity index is 933. The number of nitrogens with one attached hydrogen (secondary N) is 2. The van der Waals surface area contributed by atoms with Crippen molar-refractivity contribution in [2.75, 3.05) is 13.2 Å². The molecule has 1 aromatic heterocycles. The number of quaternary nitrogens is 1. The van der Waals surface area contributed by atoms with E-state index in [1.54, 1.807) is 0 Å². The van der Waals surface area contributed by atoms with Crippen molar-refractivity contribution < 1.29 is 9.64 Å². The summed E-state index contributed by atoms with van der Waals surface area (Å²) in [5, 5.41) is 3.38. The second kappa shape index (κ2) is 8.06. The Hall–Kier alpha value is -2.44. The fourth-order valence-electron chi connectivity index (χ4n) is 3.86. The van der Waals surface area contributed by atoms with Crippen LogP contribution in [0, 0.1) is 4.77 Å². The lowest BCUT2D eigenvalue weighted by Crippen LogP contribution is -3.09. The van der Waals surface area contributed by atoms with Crippen molar-refractivity contribution in [2.24, 2.45) is 0 Å². The average Bonchev–Trinajstić information content (AvgIpc) is 3.31. The van der Waals surface area contributed by atoms with Gasteiger partial charge in [-0.05, 0) is 43.4 Å². The maximum Gasteiger partial charge on any atom is 0.221 e. The van der Waals surface area contributed by atoms with Gasteiger partial charge in [0.05, 0.1) is 13.2 Å². The second-order valence-electron chi connectivity index (χ2n) is 6.91. The van der Waals surface area contributed by atoms with Crippen LogP contribution in [0.15, 0.2) is 54.6 Å². The summed E-state index contributed by atoms with van der Waals surface area (Å²) < 4.78 is 8.18. The van der Waals surface area contributed by atoms with Crippen molar-refractivity contribution in [1.29, 1.82) is 0 Å². The van der Waals surface area contributed by atoms with Gasteiger partial charge in [-0.1, -0.05) is 30.3 Å². The number of H-pyrrole nitrogens is 1. The topological polar surface area (TPSA) is 47.3 Å². The fourth-order valence-corrected chi connectivity index (χ4v) is 4.06. The van der Waals surface area contributed by atoms with Crippen LogP contribution in [0.5, 0.6) is 5.75 Å². The van der Waals surface area contributed by atoms with Gasteiger partial charge in [-0.2, -0.15) is 4.98 Å². The summed E-state index contributed by atoms with van der Waals surface area (Å²) in [5.41, 5.74) is 2.42. The van der Waals surface area contributed by atoms with Crippen molar-refractivity contribution in [3.8, 4) is 17.1 Å². The highest BCUT2D eigenvalue weighted by Gasteiger charge is 2.30. The van der Waals surface area contributed by atoms with Crippen LogP contribution in [0.2, 0.25) is 0 Å². The van der Waals surface area contributed by atoms with E-state index in [1.807, 2.05) is 41.9 Å². The zero-order chi connectivity index (χ0) is 18.6. The molecule has 0 bridgehead atoms. The van der Waals surface area contributed by atoms with Crippen molar-refractivity contribution >= 4 is 12.2 Å². The van der Waals surface area contributed by atoms with Gasteiger partial charge < -0.3 is 9.64 Å². The smallest absolute Gasteiger partial charge is 0.221 e. The molecule has 2 atom stereocenters. The monoisotopic (exact) mass is 381 g/mol. The third-order valence-corrected chi connectivity index (χ3v) is 5.48. The van der Waals surface area contributed by atoms with Crippen LogP contribution in [-0.4, -0.2) is 27.9 Å². The normalized spacial score (nSPS) is 19.3. The average molecular weight is 382 g/mol. The molecule has 6 heteroatoms. The van der Waals surface area contributed by atoms with E-state index < -0.39 is 0 Å². The molecule has 4 rings (SSSR count). The summed E-state index contributed by atoms with van der Waals surface area (Å²) >= 11 is 5.50. The molecule has 3 aromatic rings. The molecular formula is C21H25N4OS+. The largest absolute Gasteiger partial charge is 0.494 e. The first-order valence-electron chi connectivity index (χ1n) is 9.54. The van der Waals surface area contributed by atoms with E-state index in [0.717, 1.165) is 30.4 Å². The number of benzene rings is 2. The number of likely N-dealkylation sites (tertiary alicyclic amines) is 1. The molecule has 0 amide bonds. The molecule has 0 aliphatic carbocycles. The van der Waals surface area contributed by atoms with Crippen molar-refractivity contribution in [3.63, 3.8) is 0 Å². The Morgan fingerprint density at radius 2 is 1.96 bits per heavy atom. The number of aromatic amines is 1. The van der Waals surface area contributed by atoms with E-state index in [1.165, 1.54) is 23.3 Å². The molecule has 140 valence electrons. The van der Waals surface area contributed by atoms with Crippen LogP contribution >= 0.6 is 12.2 Å². The molecule has 0 radical (unpaired) electrons. The van der Waals surface area contributed by atoms with Gasteiger partial charge in [-0.25, -0.2) is 4.68 Å². The van der Waals surface area contributed by atoms with Gasteiger partial charge in [-0.3, -0.25) is 5.10 Å². The van der Waals surface area contributed by atoms with E-state index in [0.29, 0.717) is 17.4 Å². The first kappa shape index (κ1) is 17.9. The minimum atomic E-state index is 0.478. The third-order valence-electron chi connectivity index (χ3n) is 5.16. The van der Waals surface area contributed by atoms with E-state index >= 15 is 0 Å². The fraction of sp³-hybridized carbons (Fsp3) is 0.333. The van der Waals surface area contributed by atoms with Crippen LogP contribution in [0.1, 0.15) is 31.4 Å². The minimum absolute atomic E-state index is 0.478. The highest BCUT2D eigenvalue weighted by molar-refractivity contribution is 7.71. The number of hydrogen-bond acceptors (Lipinski definition) is 3. The lowest BCUT2D eigenvalue weighted by molar-refractivity contribution is -0.941. The summed E-state index contributed by atoms with van der Waals surface area (Å²) in [6, 6.07) is 19.1. The minimum Gasteiger partial charge on any atom is -0.494 e.